The van der Waals surface area contributed by atoms with Gasteiger partial charge >= 0.3 is 0 Å². The van der Waals surface area contributed by atoms with Crippen LogP contribution in [0.3, 0.4) is 0 Å². The van der Waals surface area contributed by atoms with E-state index in [1.165, 1.54) is 32.1 Å². The molecule has 0 aromatic carbocycles. The van der Waals surface area contributed by atoms with Crippen LogP contribution in [0.4, 0.5) is 0 Å². The molecule has 2 nitrogen and oxygen atoms in total. The van der Waals surface area contributed by atoms with Crippen molar-refractivity contribution in [3.05, 3.63) is 0 Å². The molecule has 0 bridgehead atoms. The lowest BCUT2D eigenvalue weighted by atomic mass is 9.96. The second kappa shape index (κ2) is 4.69. The highest BCUT2D eigenvalue weighted by Gasteiger charge is 2.10. The lowest BCUT2D eigenvalue weighted by Crippen LogP contribution is -2.41. The van der Waals surface area contributed by atoms with Crippen LogP contribution in [0.2, 0.25) is 0 Å². The van der Waals surface area contributed by atoms with Crippen molar-refractivity contribution in [1.29, 1.82) is 0 Å². The van der Waals surface area contributed by atoms with Crippen LogP contribution < -0.4 is 10.9 Å². The Bertz CT molecular complexity index is 85.1. The quantitative estimate of drug-likeness (QED) is 0.594. The smallest absolute Gasteiger partial charge is 0.0212 e. The zero-order valence-corrected chi connectivity index (χ0v) is 6.82. The first kappa shape index (κ1) is 8.02. The van der Waals surface area contributed by atoms with Crippen LogP contribution in [-0.4, -0.2) is 12.6 Å². The summed E-state index contributed by atoms with van der Waals surface area (Å²) in [6.45, 7) is 3.15. The summed E-state index contributed by atoms with van der Waals surface area (Å²) in [7, 11) is 0. The lowest BCUT2D eigenvalue weighted by Gasteiger charge is -2.22. The first-order valence-electron chi connectivity index (χ1n) is 4.42. The summed E-state index contributed by atoms with van der Waals surface area (Å²) in [5.41, 5.74) is 6.49. The Morgan fingerprint density at radius 1 is 1.30 bits per heavy atom. The van der Waals surface area contributed by atoms with Gasteiger partial charge in [0.2, 0.25) is 0 Å². The molecule has 0 unspecified atom stereocenters. The van der Waals surface area contributed by atoms with Gasteiger partial charge in [-0.05, 0) is 12.8 Å². The molecule has 2 N–H and O–H groups in total. The molecule has 0 spiro atoms. The van der Waals surface area contributed by atoms with Gasteiger partial charge in [-0.15, -0.1) is 0 Å². The maximum Gasteiger partial charge on any atom is 0.0212 e. The van der Waals surface area contributed by atoms with Gasteiger partial charge in [0, 0.05) is 15.4 Å². The number of hydrazine groups is 1. The molecule has 1 fully saturated rings. The van der Waals surface area contributed by atoms with E-state index in [0.717, 1.165) is 12.6 Å². The maximum absolute atomic E-state index is 3.32. The number of hydrogen-bond donors (Lipinski definition) is 2. The summed E-state index contributed by atoms with van der Waals surface area (Å²) in [5, 5.41) is 0. The van der Waals surface area contributed by atoms with Crippen LogP contribution in [0.25, 0.3) is 0 Å². The standard InChI is InChI=1S/C8H18N2.2H2/c1-2-9-10-8-6-4-3-5-7-8;;/h8-10H,2-7H2,1H3;2*1H. The van der Waals surface area contributed by atoms with Crippen molar-refractivity contribution in [1.82, 2.24) is 10.9 Å². The second-order valence-electron chi connectivity index (χ2n) is 3.01. The van der Waals surface area contributed by atoms with E-state index in [0.29, 0.717) is 0 Å². The van der Waals surface area contributed by atoms with Crippen molar-refractivity contribution in [3.63, 3.8) is 0 Å². The molecule has 64 valence electrons. The molecule has 1 aliphatic rings. The van der Waals surface area contributed by atoms with Gasteiger partial charge in [-0.1, -0.05) is 26.2 Å². The average molecular weight is 146 g/mol. The van der Waals surface area contributed by atoms with Crippen molar-refractivity contribution in [2.24, 2.45) is 0 Å². The predicted octanol–water partition coefficient (Wildman–Crippen LogP) is 1.93. The third-order valence-corrected chi connectivity index (χ3v) is 2.09. The fourth-order valence-corrected chi connectivity index (χ4v) is 1.49. The van der Waals surface area contributed by atoms with Crippen LogP contribution in [-0.2, 0) is 0 Å². The fourth-order valence-electron chi connectivity index (χ4n) is 1.49. The molecule has 0 atom stereocenters. The zero-order valence-electron chi connectivity index (χ0n) is 6.82. The van der Waals surface area contributed by atoms with Crippen molar-refractivity contribution in [2.45, 2.75) is 45.1 Å². The molecule has 1 aliphatic carbocycles. The van der Waals surface area contributed by atoms with Crippen LogP contribution in [0, 0.1) is 0 Å². The summed E-state index contributed by atoms with van der Waals surface area (Å²) >= 11 is 0. The molecule has 10 heavy (non-hydrogen) atoms. The maximum atomic E-state index is 3.32. The Hall–Kier alpha value is -0.0800. The van der Waals surface area contributed by atoms with Crippen molar-refractivity contribution in [3.8, 4) is 0 Å². The van der Waals surface area contributed by atoms with E-state index in [1.54, 1.807) is 0 Å². The van der Waals surface area contributed by atoms with Gasteiger partial charge in [-0.3, -0.25) is 10.9 Å². The topological polar surface area (TPSA) is 24.1 Å². The molecule has 0 aromatic heterocycles. The van der Waals surface area contributed by atoms with Gasteiger partial charge in [0.1, 0.15) is 0 Å². The van der Waals surface area contributed by atoms with E-state index in [9.17, 15) is 0 Å². The van der Waals surface area contributed by atoms with Gasteiger partial charge in [-0.2, -0.15) is 0 Å². The Morgan fingerprint density at radius 3 is 2.60 bits per heavy atom. The van der Waals surface area contributed by atoms with Gasteiger partial charge in [-0.25, -0.2) is 0 Å². The molecule has 1 saturated carbocycles. The highest BCUT2D eigenvalue weighted by molar-refractivity contribution is 4.69. The fraction of sp³-hybridized carbons (Fsp3) is 1.00. The van der Waals surface area contributed by atoms with Crippen LogP contribution in [0.1, 0.15) is 41.9 Å². The van der Waals surface area contributed by atoms with E-state index in [1.807, 2.05) is 0 Å². The number of rotatable bonds is 3. The van der Waals surface area contributed by atoms with Crippen molar-refractivity contribution in [2.75, 3.05) is 6.54 Å². The van der Waals surface area contributed by atoms with E-state index in [2.05, 4.69) is 17.8 Å². The minimum atomic E-state index is 0. The van der Waals surface area contributed by atoms with Crippen LogP contribution in [0.5, 0.6) is 0 Å². The molecule has 0 radical (unpaired) electrons. The predicted molar refractivity (Wildman–Crippen MR) is 47.9 cm³/mol. The molecule has 2 heteroatoms. The highest BCUT2D eigenvalue weighted by atomic mass is 15.4. The molecule has 0 aliphatic heterocycles. The molecule has 0 amide bonds. The first-order valence-corrected chi connectivity index (χ1v) is 4.42. The van der Waals surface area contributed by atoms with Gasteiger partial charge < -0.3 is 0 Å². The highest BCUT2D eigenvalue weighted by Crippen LogP contribution is 2.16. The summed E-state index contributed by atoms with van der Waals surface area (Å²) in [4.78, 5) is 0. The normalized spacial score (nSPS) is 21.3. The minimum Gasteiger partial charge on any atom is -0.258 e. The third kappa shape index (κ3) is 2.67. The monoisotopic (exact) mass is 146 g/mol. The van der Waals surface area contributed by atoms with Crippen molar-refractivity contribution < 1.29 is 2.85 Å². The van der Waals surface area contributed by atoms with E-state index >= 15 is 0 Å². The van der Waals surface area contributed by atoms with E-state index < -0.39 is 0 Å². The van der Waals surface area contributed by atoms with Gasteiger partial charge in [0.15, 0.2) is 0 Å². The molecule has 0 heterocycles. The minimum absolute atomic E-state index is 0. The molecular formula is C8H22N2. The molecule has 1 rings (SSSR count). The van der Waals surface area contributed by atoms with E-state index in [4.69, 9.17) is 0 Å². The Kier molecular flexibility index (Phi) is 3.76. The third-order valence-electron chi connectivity index (χ3n) is 2.09. The SMILES string of the molecule is CCNNC1CCCCC1.[HH].[HH]. The summed E-state index contributed by atoms with van der Waals surface area (Å²) in [6, 6.07) is 0.744. The summed E-state index contributed by atoms with van der Waals surface area (Å²) in [5.74, 6) is 0. The molecular weight excluding hydrogens is 124 g/mol. The zero-order chi connectivity index (χ0) is 7.23. The van der Waals surface area contributed by atoms with Crippen molar-refractivity contribution >= 4 is 0 Å². The Morgan fingerprint density at radius 2 is 2.00 bits per heavy atom. The van der Waals surface area contributed by atoms with Crippen LogP contribution in [0.15, 0.2) is 0 Å². The van der Waals surface area contributed by atoms with Gasteiger partial charge in [0.05, 0.1) is 0 Å². The largest absolute Gasteiger partial charge is 0.258 e. The molecule has 0 aromatic rings. The molecule has 0 saturated heterocycles. The lowest BCUT2D eigenvalue weighted by molar-refractivity contribution is 0.338. The number of hydrogen-bond acceptors (Lipinski definition) is 2. The van der Waals surface area contributed by atoms with Crippen LogP contribution >= 0.6 is 0 Å². The average Bonchev–Trinajstić information content (AvgIpc) is 2.03. The number of nitrogens with one attached hydrogen (secondary N) is 2. The summed E-state index contributed by atoms with van der Waals surface area (Å²) < 4.78 is 0. The first-order chi connectivity index (χ1) is 4.93. The van der Waals surface area contributed by atoms with Gasteiger partial charge in [0.25, 0.3) is 0 Å². The van der Waals surface area contributed by atoms with E-state index in [-0.39, 0.29) is 2.85 Å². The second-order valence-corrected chi connectivity index (χ2v) is 3.01. The Labute approximate surface area is 66.3 Å². The Balaban J connectivity index is 0. The summed E-state index contributed by atoms with van der Waals surface area (Å²) in [6.07, 6.45) is 6.95.